The summed E-state index contributed by atoms with van der Waals surface area (Å²) >= 11 is 0. The molecule has 1 aromatic carbocycles. The van der Waals surface area contributed by atoms with E-state index in [1.807, 2.05) is 0 Å². The van der Waals surface area contributed by atoms with Crippen LogP contribution in [0.1, 0.15) is 24.8 Å². The first-order chi connectivity index (χ1) is 9.08. The number of carbonyl (C=O) groups is 2. The minimum atomic E-state index is -0.937. The first-order valence-corrected chi connectivity index (χ1v) is 6.34. The van der Waals surface area contributed by atoms with Gasteiger partial charge in [0.1, 0.15) is 11.9 Å². The molecule has 1 heterocycles. The number of carbonyl (C=O) groups excluding carboxylic acids is 1. The second kappa shape index (κ2) is 5.82. The third-order valence-corrected chi connectivity index (χ3v) is 3.40. The van der Waals surface area contributed by atoms with Gasteiger partial charge in [-0.1, -0.05) is 12.1 Å². The average molecular weight is 265 g/mol. The van der Waals surface area contributed by atoms with E-state index in [1.54, 1.807) is 12.1 Å². The van der Waals surface area contributed by atoms with Crippen LogP contribution in [0.4, 0.5) is 4.39 Å². The lowest BCUT2D eigenvalue weighted by atomic mass is 10.1. The van der Waals surface area contributed by atoms with Crippen molar-refractivity contribution in [3.05, 3.63) is 35.6 Å². The predicted octanol–water partition coefficient (Wildman–Crippen LogP) is 1.83. The third kappa shape index (κ3) is 3.30. The van der Waals surface area contributed by atoms with Crippen molar-refractivity contribution in [2.45, 2.75) is 31.7 Å². The predicted molar refractivity (Wildman–Crippen MR) is 67.1 cm³/mol. The van der Waals surface area contributed by atoms with Crippen molar-refractivity contribution >= 4 is 11.9 Å². The van der Waals surface area contributed by atoms with E-state index in [4.69, 9.17) is 5.11 Å². The van der Waals surface area contributed by atoms with Gasteiger partial charge in [0.2, 0.25) is 5.91 Å². The summed E-state index contributed by atoms with van der Waals surface area (Å²) in [5.74, 6) is -1.39. The molecule has 102 valence electrons. The normalized spacial score (nSPS) is 18.6. The van der Waals surface area contributed by atoms with Crippen LogP contribution in [-0.2, 0) is 16.0 Å². The van der Waals surface area contributed by atoms with Crippen molar-refractivity contribution in [3.63, 3.8) is 0 Å². The van der Waals surface area contributed by atoms with Gasteiger partial charge >= 0.3 is 5.97 Å². The molecule has 5 heteroatoms. The Bertz CT molecular complexity index is 472. The molecule has 1 aromatic rings. The minimum Gasteiger partial charge on any atom is -0.480 e. The molecule has 0 saturated carbocycles. The van der Waals surface area contributed by atoms with Gasteiger partial charge in [-0.3, -0.25) is 4.79 Å². The van der Waals surface area contributed by atoms with Crippen molar-refractivity contribution in [3.8, 4) is 0 Å². The van der Waals surface area contributed by atoms with E-state index >= 15 is 0 Å². The summed E-state index contributed by atoms with van der Waals surface area (Å²) in [6, 6.07) is 5.31. The van der Waals surface area contributed by atoms with Crippen molar-refractivity contribution in [1.29, 1.82) is 0 Å². The number of amides is 1. The Labute approximate surface area is 110 Å². The van der Waals surface area contributed by atoms with Crippen LogP contribution in [0.2, 0.25) is 0 Å². The first kappa shape index (κ1) is 13.5. The molecular weight excluding hydrogens is 249 g/mol. The van der Waals surface area contributed by atoms with E-state index in [2.05, 4.69) is 0 Å². The van der Waals surface area contributed by atoms with Crippen LogP contribution in [0.15, 0.2) is 24.3 Å². The Hall–Kier alpha value is -1.91. The molecular formula is C14H16FNO3. The number of benzene rings is 1. The zero-order valence-corrected chi connectivity index (χ0v) is 10.5. The maximum atomic E-state index is 12.7. The molecule has 1 aliphatic heterocycles. The second-order valence-electron chi connectivity index (χ2n) is 4.71. The Morgan fingerprint density at radius 1 is 1.32 bits per heavy atom. The Balaban J connectivity index is 1.90. The summed E-state index contributed by atoms with van der Waals surface area (Å²) in [6.07, 6.45) is 2.02. The molecule has 1 N–H and O–H groups in total. The fourth-order valence-corrected chi connectivity index (χ4v) is 2.37. The van der Waals surface area contributed by atoms with Gasteiger partial charge in [0.25, 0.3) is 0 Å². The smallest absolute Gasteiger partial charge is 0.326 e. The lowest BCUT2D eigenvalue weighted by Crippen LogP contribution is -2.40. The summed E-state index contributed by atoms with van der Waals surface area (Å²) in [5, 5.41) is 9.01. The quantitative estimate of drug-likeness (QED) is 0.903. The van der Waals surface area contributed by atoms with Crippen LogP contribution in [0.3, 0.4) is 0 Å². The molecule has 0 unspecified atom stereocenters. The van der Waals surface area contributed by atoms with Crippen molar-refractivity contribution < 1.29 is 19.1 Å². The van der Waals surface area contributed by atoms with Crippen molar-refractivity contribution in [1.82, 2.24) is 4.90 Å². The van der Waals surface area contributed by atoms with Crippen LogP contribution >= 0.6 is 0 Å². The van der Waals surface area contributed by atoms with Gasteiger partial charge in [0.05, 0.1) is 0 Å². The maximum absolute atomic E-state index is 12.7. The van der Waals surface area contributed by atoms with Gasteiger partial charge in [-0.05, 0) is 37.0 Å². The van der Waals surface area contributed by atoms with Crippen LogP contribution in [0, 0.1) is 5.82 Å². The van der Waals surface area contributed by atoms with Gasteiger partial charge in [0, 0.05) is 13.0 Å². The van der Waals surface area contributed by atoms with Crippen LogP contribution < -0.4 is 0 Å². The number of aliphatic carboxylic acids is 1. The number of carboxylic acid groups (broad SMARTS) is 1. The molecule has 0 aliphatic carbocycles. The lowest BCUT2D eigenvalue weighted by molar-refractivity contribution is -0.148. The number of hydrogen-bond donors (Lipinski definition) is 1. The summed E-state index contributed by atoms with van der Waals surface area (Å²) in [7, 11) is 0. The van der Waals surface area contributed by atoms with Gasteiger partial charge in [-0.25, -0.2) is 9.18 Å². The van der Waals surface area contributed by atoms with E-state index < -0.39 is 12.0 Å². The number of rotatable bonds is 4. The zero-order chi connectivity index (χ0) is 13.8. The number of likely N-dealkylation sites (tertiary alicyclic amines) is 1. The lowest BCUT2D eigenvalue weighted by Gasteiger charge is -2.21. The highest BCUT2D eigenvalue weighted by Crippen LogP contribution is 2.19. The number of nitrogens with zero attached hydrogens (tertiary/aromatic N) is 1. The number of hydrogen-bond acceptors (Lipinski definition) is 2. The number of halogens is 1. The number of carboxylic acids is 1. The highest BCUT2D eigenvalue weighted by molar-refractivity contribution is 5.84. The van der Waals surface area contributed by atoms with Gasteiger partial charge in [-0.15, -0.1) is 0 Å². The van der Waals surface area contributed by atoms with Gasteiger partial charge in [-0.2, -0.15) is 0 Å². The Morgan fingerprint density at radius 2 is 2.00 bits per heavy atom. The topological polar surface area (TPSA) is 57.6 Å². The Kier molecular flexibility index (Phi) is 4.14. The van der Waals surface area contributed by atoms with Crippen molar-refractivity contribution in [2.24, 2.45) is 0 Å². The molecule has 0 radical (unpaired) electrons. The minimum absolute atomic E-state index is 0.144. The molecule has 0 aromatic heterocycles. The fourth-order valence-electron chi connectivity index (χ4n) is 2.37. The second-order valence-corrected chi connectivity index (χ2v) is 4.71. The van der Waals surface area contributed by atoms with E-state index in [-0.39, 0.29) is 18.1 Å². The highest BCUT2D eigenvalue weighted by atomic mass is 19.1. The molecule has 2 rings (SSSR count). The van der Waals surface area contributed by atoms with Crippen LogP contribution in [-0.4, -0.2) is 34.5 Å². The van der Waals surface area contributed by atoms with E-state index in [9.17, 15) is 14.0 Å². The summed E-state index contributed by atoms with van der Waals surface area (Å²) in [4.78, 5) is 24.4. The third-order valence-electron chi connectivity index (χ3n) is 3.40. The van der Waals surface area contributed by atoms with E-state index in [0.29, 0.717) is 19.4 Å². The standard InChI is InChI=1S/C14H16FNO3/c15-11-6-3-10(4-7-11)5-8-13(17)16-9-1-2-12(16)14(18)19/h3-4,6-7,12H,1-2,5,8-9H2,(H,18,19)/t12-/m1/s1. The summed E-state index contributed by atoms with van der Waals surface area (Å²) in [5.41, 5.74) is 0.876. The van der Waals surface area contributed by atoms with E-state index in [1.165, 1.54) is 17.0 Å². The molecule has 1 fully saturated rings. The largest absolute Gasteiger partial charge is 0.480 e. The van der Waals surface area contributed by atoms with Gasteiger partial charge in [0.15, 0.2) is 0 Å². The molecule has 1 atom stereocenters. The SMILES string of the molecule is O=C(O)[C@H]1CCCN1C(=O)CCc1ccc(F)cc1. The monoisotopic (exact) mass is 265 g/mol. The molecule has 4 nitrogen and oxygen atoms in total. The van der Waals surface area contributed by atoms with Crippen LogP contribution in [0.5, 0.6) is 0 Å². The van der Waals surface area contributed by atoms with Crippen molar-refractivity contribution in [2.75, 3.05) is 6.54 Å². The highest BCUT2D eigenvalue weighted by Gasteiger charge is 2.33. The summed E-state index contributed by atoms with van der Waals surface area (Å²) in [6.45, 7) is 0.513. The molecule has 19 heavy (non-hydrogen) atoms. The van der Waals surface area contributed by atoms with E-state index in [0.717, 1.165) is 12.0 Å². The average Bonchev–Trinajstić information content (AvgIpc) is 2.87. The first-order valence-electron chi connectivity index (χ1n) is 6.34. The van der Waals surface area contributed by atoms with Crippen LogP contribution in [0.25, 0.3) is 0 Å². The molecule has 0 bridgehead atoms. The fraction of sp³-hybridized carbons (Fsp3) is 0.429. The summed E-state index contributed by atoms with van der Waals surface area (Å²) < 4.78 is 12.7. The Morgan fingerprint density at radius 3 is 2.63 bits per heavy atom. The molecule has 0 spiro atoms. The number of aryl methyl sites for hydroxylation is 1. The maximum Gasteiger partial charge on any atom is 0.326 e. The zero-order valence-electron chi connectivity index (χ0n) is 10.5. The molecule has 1 aliphatic rings. The molecule has 1 saturated heterocycles. The molecule has 1 amide bonds. The van der Waals surface area contributed by atoms with Gasteiger partial charge < -0.3 is 10.0 Å².